The number of nitrogens with one attached hydrogen (secondary N) is 1. The third-order valence-corrected chi connectivity index (χ3v) is 3.90. The predicted molar refractivity (Wildman–Crippen MR) is 78.9 cm³/mol. The fourth-order valence-electron chi connectivity index (χ4n) is 2.93. The molecule has 4 heteroatoms. The third kappa shape index (κ3) is 3.07. The molecule has 1 aromatic carbocycles. The zero-order valence-corrected chi connectivity index (χ0v) is 11.5. The molecule has 1 atom stereocenters. The van der Waals surface area contributed by atoms with Crippen LogP contribution in [0.15, 0.2) is 18.2 Å². The highest BCUT2D eigenvalue weighted by Gasteiger charge is 2.24. The summed E-state index contributed by atoms with van der Waals surface area (Å²) < 4.78 is 0. The van der Waals surface area contributed by atoms with Gasteiger partial charge in [0.15, 0.2) is 0 Å². The van der Waals surface area contributed by atoms with Gasteiger partial charge in [-0.25, -0.2) is 0 Å². The molecular formula is C15H23N3O. The van der Waals surface area contributed by atoms with Crippen LogP contribution in [0.2, 0.25) is 0 Å². The van der Waals surface area contributed by atoms with Crippen LogP contribution in [0.5, 0.6) is 0 Å². The van der Waals surface area contributed by atoms with E-state index in [-0.39, 0.29) is 12.4 Å². The first-order valence-corrected chi connectivity index (χ1v) is 6.96. The van der Waals surface area contributed by atoms with Crippen molar-refractivity contribution >= 4 is 11.5 Å². The number of nitrogens with zero attached hydrogens (tertiary/aromatic N) is 1. The lowest BCUT2D eigenvalue weighted by Crippen LogP contribution is -2.29. The number of aryl methyl sites for hydroxylation is 1. The number of benzene rings is 1. The van der Waals surface area contributed by atoms with E-state index in [1.165, 1.54) is 18.5 Å². The Bertz CT molecular complexity index is 459. The van der Waals surface area contributed by atoms with Gasteiger partial charge in [0.25, 0.3) is 0 Å². The van der Waals surface area contributed by atoms with E-state index in [4.69, 9.17) is 16.2 Å². The smallest absolute Gasteiger partial charge is 0.123 e. The number of amidine groups is 1. The predicted octanol–water partition coefficient (Wildman–Crippen LogP) is 2.02. The number of hydrogen-bond acceptors (Lipinski definition) is 3. The lowest BCUT2D eigenvalue weighted by Gasteiger charge is -2.27. The van der Waals surface area contributed by atoms with E-state index in [9.17, 15) is 0 Å². The van der Waals surface area contributed by atoms with E-state index in [0.717, 1.165) is 30.5 Å². The van der Waals surface area contributed by atoms with Crippen LogP contribution in [0.25, 0.3) is 0 Å². The maximum Gasteiger partial charge on any atom is 0.123 e. The molecule has 0 aromatic heterocycles. The van der Waals surface area contributed by atoms with E-state index >= 15 is 0 Å². The van der Waals surface area contributed by atoms with Crippen molar-refractivity contribution in [3.05, 3.63) is 29.3 Å². The summed E-state index contributed by atoms with van der Waals surface area (Å²) in [5, 5.41) is 16.5. The number of aliphatic hydroxyl groups excluding tert-OH is 1. The highest BCUT2D eigenvalue weighted by molar-refractivity contribution is 5.96. The Morgan fingerprint density at radius 2 is 2.32 bits per heavy atom. The summed E-state index contributed by atoms with van der Waals surface area (Å²) in [5.74, 6) is 0.127. The minimum atomic E-state index is 0.127. The van der Waals surface area contributed by atoms with Gasteiger partial charge in [-0.1, -0.05) is 0 Å². The van der Waals surface area contributed by atoms with Crippen LogP contribution in [-0.4, -0.2) is 30.1 Å². The first kappa shape index (κ1) is 13.9. The average molecular weight is 261 g/mol. The lowest BCUT2D eigenvalue weighted by atomic mass is 10.0. The molecule has 104 valence electrons. The summed E-state index contributed by atoms with van der Waals surface area (Å²) >= 11 is 0. The largest absolute Gasteiger partial charge is 0.396 e. The van der Waals surface area contributed by atoms with Gasteiger partial charge in [-0.2, -0.15) is 0 Å². The Hall–Kier alpha value is -1.55. The first-order chi connectivity index (χ1) is 9.13. The van der Waals surface area contributed by atoms with Crippen molar-refractivity contribution in [2.24, 2.45) is 5.73 Å². The molecular weight excluding hydrogens is 238 g/mol. The Morgan fingerprint density at radius 1 is 1.53 bits per heavy atom. The van der Waals surface area contributed by atoms with Gasteiger partial charge in [-0.3, -0.25) is 5.41 Å². The highest BCUT2D eigenvalue weighted by Crippen LogP contribution is 2.29. The standard InChI is InChI=1S/C15H23N3O/c1-11-10-13(6-7-14(11)15(16)17)18-8-2-4-12(18)5-3-9-19/h6-7,10,12,19H,2-5,8-9H2,1H3,(H3,16,17). The lowest BCUT2D eigenvalue weighted by molar-refractivity contribution is 0.279. The van der Waals surface area contributed by atoms with Gasteiger partial charge in [0.05, 0.1) is 0 Å². The second-order valence-electron chi connectivity index (χ2n) is 5.27. The molecule has 0 amide bonds. The molecule has 0 radical (unpaired) electrons. The van der Waals surface area contributed by atoms with E-state index in [0.29, 0.717) is 6.04 Å². The highest BCUT2D eigenvalue weighted by atomic mass is 16.2. The number of aliphatic hydroxyl groups is 1. The summed E-state index contributed by atoms with van der Waals surface area (Å²) in [6.45, 7) is 3.35. The second-order valence-corrected chi connectivity index (χ2v) is 5.27. The van der Waals surface area contributed by atoms with Crippen molar-refractivity contribution in [2.75, 3.05) is 18.1 Å². The van der Waals surface area contributed by atoms with Gasteiger partial charge in [0.2, 0.25) is 0 Å². The summed E-state index contributed by atoms with van der Waals surface area (Å²) in [6, 6.07) is 6.65. The number of rotatable bonds is 5. The molecule has 4 nitrogen and oxygen atoms in total. The number of hydrogen-bond donors (Lipinski definition) is 3. The zero-order chi connectivity index (χ0) is 13.8. The number of nitrogens with two attached hydrogens (primary N) is 1. The molecule has 0 aliphatic carbocycles. The quantitative estimate of drug-likeness (QED) is 0.561. The SMILES string of the molecule is Cc1cc(N2CCCC2CCCO)ccc1C(=N)N. The molecule has 4 N–H and O–H groups in total. The third-order valence-electron chi connectivity index (χ3n) is 3.90. The van der Waals surface area contributed by atoms with Crippen LogP contribution in [0.3, 0.4) is 0 Å². The molecule has 19 heavy (non-hydrogen) atoms. The molecule has 1 aliphatic heterocycles. The van der Waals surface area contributed by atoms with Gasteiger partial charge in [-0.15, -0.1) is 0 Å². The van der Waals surface area contributed by atoms with Gasteiger partial charge >= 0.3 is 0 Å². The van der Waals surface area contributed by atoms with Crippen LogP contribution in [0, 0.1) is 12.3 Å². The summed E-state index contributed by atoms with van der Waals surface area (Å²) in [7, 11) is 0. The monoisotopic (exact) mass is 261 g/mol. The minimum absolute atomic E-state index is 0.127. The summed E-state index contributed by atoms with van der Waals surface area (Å²) in [4.78, 5) is 2.42. The van der Waals surface area contributed by atoms with E-state index < -0.39 is 0 Å². The van der Waals surface area contributed by atoms with Crippen LogP contribution < -0.4 is 10.6 Å². The number of nitrogen functional groups attached to an aromatic ring is 1. The van der Waals surface area contributed by atoms with E-state index in [1.807, 2.05) is 13.0 Å². The topological polar surface area (TPSA) is 73.3 Å². The molecule has 1 heterocycles. The Balaban J connectivity index is 2.16. The van der Waals surface area contributed by atoms with E-state index in [1.54, 1.807) is 0 Å². The normalized spacial score (nSPS) is 18.8. The molecule has 0 spiro atoms. The van der Waals surface area contributed by atoms with E-state index in [2.05, 4.69) is 17.0 Å². The molecule has 0 saturated carbocycles. The fraction of sp³-hybridized carbons (Fsp3) is 0.533. The minimum Gasteiger partial charge on any atom is -0.396 e. The maximum absolute atomic E-state index is 8.97. The van der Waals surface area contributed by atoms with Crippen molar-refractivity contribution in [3.8, 4) is 0 Å². The van der Waals surface area contributed by atoms with Crippen LogP contribution in [0.4, 0.5) is 5.69 Å². The molecule has 0 bridgehead atoms. The van der Waals surface area contributed by atoms with Crippen LogP contribution >= 0.6 is 0 Å². The summed E-state index contributed by atoms with van der Waals surface area (Å²) in [6.07, 6.45) is 4.33. The maximum atomic E-state index is 8.97. The Labute approximate surface area is 114 Å². The second kappa shape index (κ2) is 6.06. The van der Waals surface area contributed by atoms with Crippen molar-refractivity contribution in [1.29, 1.82) is 5.41 Å². The van der Waals surface area contributed by atoms with Crippen molar-refractivity contribution in [3.63, 3.8) is 0 Å². The Morgan fingerprint density at radius 3 is 2.95 bits per heavy atom. The first-order valence-electron chi connectivity index (χ1n) is 6.96. The Kier molecular flexibility index (Phi) is 4.43. The van der Waals surface area contributed by atoms with Crippen LogP contribution in [0.1, 0.15) is 36.8 Å². The average Bonchev–Trinajstić information content (AvgIpc) is 2.83. The number of anilines is 1. The van der Waals surface area contributed by atoms with Crippen molar-refractivity contribution in [2.45, 2.75) is 38.6 Å². The van der Waals surface area contributed by atoms with Gasteiger partial charge in [-0.05, 0) is 56.4 Å². The molecule has 1 aromatic rings. The van der Waals surface area contributed by atoms with Gasteiger partial charge in [0, 0.05) is 30.4 Å². The molecule has 1 fully saturated rings. The molecule has 2 rings (SSSR count). The molecule has 1 unspecified atom stereocenters. The molecule has 1 saturated heterocycles. The van der Waals surface area contributed by atoms with Crippen molar-refractivity contribution < 1.29 is 5.11 Å². The van der Waals surface area contributed by atoms with Crippen molar-refractivity contribution in [1.82, 2.24) is 0 Å². The van der Waals surface area contributed by atoms with Crippen LogP contribution in [-0.2, 0) is 0 Å². The van der Waals surface area contributed by atoms with Gasteiger partial charge in [0.1, 0.15) is 5.84 Å². The molecule has 1 aliphatic rings. The fourth-order valence-corrected chi connectivity index (χ4v) is 2.93. The summed E-state index contributed by atoms with van der Waals surface area (Å²) in [5.41, 5.74) is 8.63. The van der Waals surface area contributed by atoms with Gasteiger partial charge < -0.3 is 15.7 Å². The zero-order valence-electron chi connectivity index (χ0n) is 11.5.